The largest absolute Gasteiger partial charge is 0.454 e. The number of nitrogens with one attached hydrogen (secondary N) is 1. The van der Waals surface area contributed by atoms with Crippen molar-refractivity contribution in [3.63, 3.8) is 0 Å². The van der Waals surface area contributed by atoms with Crippen molar-refractivity contribution in [2.75, 3.05) is 18.3 Å². The minimum Gasteiger partial charge on any atom is -0.454 e. The summed E-state index contributed by atoms with van der Waals surface area (Å²) < 4.78 is 11.8. The summed E-state index contributed by atoms with van der Waals surface area (Å²) in [7, 11) is 0. The highest BCUT2D eigenvalue weighted by Gasteiger charge is 2.18. The van der Waals surface area contributed by atoms with Gasteiger partial charge >= 0.3 is 0 Å². The van der Waals surface area contributed by atoms with Crippen LogP contribution in [0.15, 0.2) is 16.6 Å². The molecule has 3 nitrogen and oxygen atoms in total. The van der Waals surface area contributed by atoms with Crippen molar-refractivity contribution >= 4 is 27.7 Å². The SMILES string of the molecule is Brc1cc2c(cc1CNC1CCSC1)OCO2. The Morgan fingerprint density at radius 1 is 1.35 bits per heavy atom. The number of hydrogen-bond donors (Lipinski definition) is 1. The fraction of sp³-hybridized carbons (Fsp3) is 0.500. The van der Waals surface area contributed by atoms with E-state index in [1.165, 1.54) is 23.5 Å². The molecule has 92 valence electrons. The van der Waals surface area contributed by atoms with Gasteiger partial charge in [0.2, 0.25) is 6.79 Å². The molecule has 17 heavy (non-hydrogen) atoms. The lowest BCUT2D eigenvalue weighted by Gasteiger charge is -2.12. The Kier molecular flexibility index (Phi) is 3.49. The predicted molar refractivity (Wildman–Crippen MR) is 72.8 cm³/mol. The molecule has 0 bridgehead atoms. The average Bonchev–Trinajstić information content (AvgIpc) is 2.95. The Hall–Kier alpha value is -0.390. The standard InChI is InChI=1S/C12H14BrNO2S/c13-10-4-12-11(15-7-16-12)3-8(10)5-14-9-1-2-17-6-9/h3-4,9,14H,1-2,5-7H2. The first-order valence-electron chi connectivity index (χ1n) is 5.72. The van der Waals surface area contributed by atoms with Gasteiger partial charge in [-0.15, -0.1) is 0 Å². The van der Waals surface area contributed by atoms with E-state index in [1.54, 1.807) is 0 Å². The van der Waals surface area contributed by atoms with E-state index in [0.29, 0.717) is 12.8 Å². The first kappa shape index (κ1) is 11.7. The highest BCUT2D eigenvalue weighted by Crippen LogP contribution is 2.37. The predicted octanol–water partition coefficient (Wildman–Crippen LogP) is 2.77. The van der Waals surface area contributed by atoms with Crippen molar-refractivity contribution in [2.24, 2.45) is 0 Å². The summed E-state index contributed by atoms with van der Waals surface area (Å²) in [5, 5.41) is 3.58. The number of benzene rings is 1. The topological polar surface area (TPSA) is 30.5 Å². The van der Waals surface area contributed by atoms with Gasteiger partial charge in [0.15, 0.2) is 11.5 Å². The van der Waals surface area contributed by atoms with E-state index in [-0.39, 0.29) is 0 Å². The van der Waals surface area contributed by atoms with Crippen LogP contribution < -0.4 is 14.8 Å². The zero-order chi connectivity index (χ0) is 11.7. The van der Waals surface area contributed by atoms with Crippen LogP contribution in [0.1, 0.15) is 12.0 Å². The second kappa shape index (κ2) is 5.08. The first-order valence-corrected chi connectivity index (χ1v) is 7.67. The summed E-state index contributed by atoms with van der Waals surface area (Å²) >= 11 is 5.60. The number of ether oxygens (including phenoxy) is 2. The molecule has 0 spiro atoms. The van der Waals surface area contributed by atoms with Gasteiger partial charge in [0, 0.05) is 22.8 Å². The van der Waals surface area contributed by atoms with E-state index >= 15 is 0 Å². The van der Waals surface area contributed by atoms with Crippen molar-refractivity contribution in [1.82, 2.24) is 5.32 Å². The van der Waals surface area contributed by atoms with Gasteiger partial charge < -0.3 is 14.8 Å². The van der Waals surface area contributed by atoms with Crippen LogP contribution in [-0.2, 0) is 6.54 Å². The molecule has 1 fully saturated rings. The molecule has 0 aliphatic carbocycles. The Morgan fingerprint density at radius 3 is 2.94 bits per heavy atom. The van der Waals surface area contributed by atoms with E-state index in [1.807, 2.05) is 17.8 Å². The fourth-order valence-corrected chi connectivity index (χ4v) is 3.69. The van der Waals surface area contributed by atoms with Gasteiger partial charge in [-0.3, -0.25) is 0 Å². The lowest BCUT2D eigenvalue weighted by atomic mass is 10.2. The lowest BCUT2D eigenvalue weighted by Crippen LogP contribution is -2.28. The molecule has 2 heterocycles. The summed E-state index contributed by atoms with van der Waals surface area (Å²) in [6, 6.07) is 4.70. The fourth-order valence-electron chi connectivity index (χ4n) is 2.04. The van der Waals surface area contributed by atoms with E-state index in [4.69, 9.17) is 9.47 Å². The Morgan fingerprint density at radius 2 is 2.18 bits per heavy atom. The quantitative estimate of drug-likeness (QED) is 0.929. The third-order valence-corrected chi connectivity index (χ3v) is 4.95. The van der Waals surface area contributed by atoms with Crippen LogP contribution >= 0.6 is 27.7 Å². The maximum Gasteiger partial charge on any atom is 0.231 e. The third kappa shape index (κ3) is 2.56. The molecule has 3 rings (SSSR count). The molecule has 1 N–H and O–H groups in total. The van der Waals surface area contributed by atoms with E-state index in [0.717, 1.165) is 22.5 Å². The molecule has 0 saturated carbocycles. The molecule has 0 aromatic heterocycles. The Bertz CT molecular complexity index is 421. The van der Waals surface area contributed by atoms with E-state index in [2.05, 4.69) is 27.3 Å². The highest BCUT2D eigenvalue weighted by atomic mass is 79.9. The summed E-state index contributed by atoms with van der Waals surface area (Å²) in [4.78, 5) is 0. The first-order chi connectivity index (χ1) is 8.33. The van der Waals surface area contributed by atoms with Crippen molar-refractivity contribution in [1.29, 1.82) is 0 Å². The molecular weight excluding hydrogens is 302 g/mol. The van der Waals surface area contributed by atoms with Gasteiger partial charge in [-0.1, -0.05) is 15.9 Å². The van der Waals surface area contributed by atoms with Crippen LogP contribution in [0.25, 0.3) is 0 Å². The molecule has 2 aliphatic heterocycles. The van der Waals surface area contributed by atoms with Crippen LogP contribution in [-0.4, -0.2) is 24.3 Å². The maximum absolute atomic E-state index is 5.39. The molecule has 2 aliphatic rings. The maximum atomic E-state index is 5.39. The van der Waals surface area contributed by atoms with Gasteiger partial charge in [-0.2, -0.15) is 11.8 Å². The zero-order valence-corrected chi connectivity index (χ0v) is 11.8. The Balaban J connectivity index is 1.69. The summed E-state index contributed by atoms with van der Waals surface area (Å²) in [5.41, 5.74) is 1.23. The van der Waals surface area contributed by atoms with Gasteiger partial charge in [0.25, 0.3) is 0 Å². The average molecular weight is 316 g/mol. The molecule has 1 aromatic carbocycles. The van der Waals surface area contributed by atoms with Crippen molar-refractivity contribution in [3.05, 3.63) is 22.2 Å². The van der Waals surface area contributed by atoms with Gasteiger partial charge in [0.1, 0.15) is 0 Å². The van der Waals surface area contributed by atoms with Crippen molar-refractivity contribution in [3.8, 4) is 11.5 Å². The smallest absolute Gasteiger partial charge is 0.231 e. The van der Waals surface area contributed by atoms with Crippen molar-refractivity contribution in [2.45, 2.75) is 19.0 Å². The normalized spacial score (nSPS) is 22.1. The molecule has 0 amide bonds. The zero-order valence-electron chi connectivity index (χ0n) is 9.37. The van der Waals surface area contributed by atoms with E-state index < -0.39 is 0 Å². The van der Waals surface area contributed by atoms with Crippen LogP contribution in [0.2, 0.25) is 0 Å². The van der Waals surface area contributed by atoms with Gasteiger partial charge in [-0.25, -0.2) is 0 Å². The third-order valence-electron chi connectivity index (χ3n) is 3.05. The summed E-state index contributed by atoms with van der Waals surface area (Å²) in [5.74, 6) is 4.19. The van der Waals surface area contributed by atoms with Crippen LogP contribution in [0.5, 0.6) is 11.5 Å². The molecule has 1 aromatic rings. The number of halogens is 1. The molecule has 5 heteroatoms. The second-order valence-electron chi connectivity index (χ2n) is 4.24. The minimum absolute atomic E-state index is 0.331. The van der Waals surface area contributed by atoms with Crippen LogP contribution in [0.3, 0.4) is 0 Å². The monoisotopic (exact) mass is 315 g/mol. The second-order valence-corrected chi connectivity index (χ2v) is 6.24. The lowest BCUT2D eigenvalue weighted by molar-refractivity contribution is 0.174. The summed E-state index contributed by atoms with van der Waals surface area (Å²) in [6.07, 6.45) is 1.27. The van der Waals surface area contributed by atoms with Crippen LogP contribution in [0, 0.1) is 0 Å². The van der Waals surface area contributed by atoms with Crippen molar-refractivity contribution < 1.29 is 9.47 Å². The minimum atomic E-state index is 0.331. The molecular formula is C12H14BrNO2S. The number of thioether (sulfide) groups is 1. The number of hydrogen-bond acceptors (Lipinski definition) is 4. The van der Waals surface area contributed by atoms with Gasteiger partial charge in [-0.05, 0) is 29.9 Å². The van der Waals surface area contributed by atoms with Gasteiger partial charge in [0.05, 0.1) is 0 Å². The Labute approximate surface area is 113 Å². The van der Waals surface area contributed by atoms with Crippen LogP contribution in [0.4, 0.5) is 0 Å². The molecule has 1 atom stereocenters. The molecule has 1 unspecified atom stereocenters. The summed E-state index contributed by atoms with van der Waals surface area (Å²) in [6.45, 7) is 1.21. The molecule has 1 saturated heterocycles. The molecule has 0 radical (unpaired) electrons. The highest BCUT2D eigenvalue weighted by molar-refractivity contribution is 9.10. The number of rotatable bonds is 3. The number of fused-ring (bicyclic) bond motifs is 1. The van der Waals surface area contributed by atoms with E-state index in [9.17, 15) is 0 Å².